The summed E-state index contributed by atoms with van der Waals surface area (Å²) in [7, 11) is 0. The molecule has 0 N–H and O–H groups in total. The number of benzene rings is 1. The van der Waals surface area contributed by atoms with Crippen molar-refractivity contribution >= 4 is 21.8 Å². The van der Waals surface area contributed by atoms with E-state index in [9.17, 15) is 4.79 Å². The average molecular weight is 338 g/mol. The summed E-state index contributed by atoms with van der Waals surface area (Å²) in [6.07, 6.45) is 4.89. The van der Waals surface area contributed by atoms with Gasteiger partial charge >= 0.3 is 0 Å². The van der Waals surface area contributed by atoms with Crippen LogP contribution in [-0.4, -0.2) is 34.8 Å². The van der Waals surface area contributed by atoms with Gasteiger partial charge in [0.2, 0.25) is 0 Å². The van der Waals surface area contributed by atoms with Crippen LogP contribution in [0.1, 0.15) is 31.2 Å². The molecule has 3 nitrogen and oxygen atoms in total. The molecule has 108 valence electrons. The van der Waals surface area contributed by atoms with Crippen molar-refractivity contribution in [3.63, 3.8) is 0 Å². The van der Waals surface area contributed by atoms with Gasteiger partial charge in [-0.25, -0.2) is 0 Å². The minimum absolute atomic E-state index is 0.179. The van der Waals surface area contributed by atoms with Crippen LogP contribution in [0.2, 0.25) is 0 Å². The molecule has 1 fully saturated rings. The van der Waals surface area contributed by atoms with Crippen molar-refractivity contribution in [1.82, 2.24) is 4.90 Å². The van der Waals surface area contributed by atoms with E-state index in [1.54, 1.807) is 0 Å². The van der Waals surface area contributed by atoms with Crippen molar-refractivity contribution in [2.24, 2.45) is 0 Å². The van der Waals surface area contributed by atoms with Gasteiger partial charge in [-0.05, 0) is 37.3 Å². The molecule has 0 spiro atoms. The van der Waals surface area contributed by atoms with E-state index in [4.69, 9.17) is 4.74 Å². The highest BCUT2D eigenvalue weighted by Gasteiger charge is 2.36. The summed E-state index contributed by atoms with van der Waals surface area (Å²) in [4.78, 5) is 14.7. The molecule has 2 atom stereocenters. The van der Waals surface area contributed by atoms with Crippen LogP contribution in [-0.2, 0) is 11.2 Å². The zero-order chi connectivity index (χ0) is 13.9. The first kappa shape index (κ1) is 13.9. The fourth-order valence-electron chi connectivity index (χ4n) is 3.24. The normalized spacial score (nSPS) is 24.6. The van der Waals surface area contributed by atoms with Crippen molar-refractivity contribution in [1.29, 1.82) is 0 Å². The lowest BCUT2D eigenvalue weighted by molar-refractivity contribution is -0.138. The summed E-state index contributed by atoms with van der Waals surface area (Å²) < 4.78 is 5.83. The Hall–Kier alpha value is -1.03. The molecular weight excluding hydrogens is 318 g/mol. The lowest BCUT2D eigenvalue weighted by Gasteiger charge is -2.27. The molecule has 3 rings (SSSR count). The number of amides is 1. The number of fused-ring (bicyclic) bond motifs is 1. The highest BCUT2D eigenvalue weighted by atomic mass is 79.9. The second-order valence-corrected chi connectivity index (χ2v) is 6.37. The fraction of sp³-hybridized carbons (Fsp3) is 0.562. The van der Waals surface area contributed by atoms with Crippen LogP contribution in [0.3, 0.4) is 0 Å². The number of rotatable bonds is 4. The Balaban J connectivity index is 1.65. The molecule has 0 aliphatic carbocycles. The summed E-state index contributed by atoms with van der Waals surface area (Å²) >= 11 is 3.47. The Morgan fingerprint density at radius 1 is 1.40 bits per heavy atom. The second kappa shape index (κ2) is 6.17. The van der Waals surface area contributed by atoms with Crippen molar-refractivity contribution in [3.05, 3.63) is 29.8 Å². The van der Waals surface area contributed by atoms with E-state index in [2.05, 4.69) is 26.9 Å². The molecule has 2 heterocycles. The molecule has 2 unspecified atom stereocenters. The van der Waals surface area contributed by atoms with Crippen molar-refractivity contribution < 1.29 is 9.53 Å². The molecule has 2 aliphatic heterocycles. The van der Waals surface area contributed by atoms with E-state index in [0.717, 1.165) is 55.3 Å². The van der Waals surface area contributed by atoms with Crippen LogP contribution >= 0.6 is 15.9 Å². The Morgan fingerprint density at radius 2 is 2.25 bits per heavy atom. The van der Waals surface area contributed by atoms with E-state index in [0.29, 0.717) is 6.04 Å². The Kier molecular flexibility index (Phi) is 4.29. The Bertz CT molecular complexity index is 466. The van der Waals surface area contributed by atoms with Crippen LogP contribution in [0.15, 0.2) is 24.3 Å². The van der Waals surface area contributed by atoms with Gasteiger partial charge in [0.05, 0.1) is 0 Å². The van der Waals surface area contributed by atoms with Gasteiger partial charge < -0.3 is 9.64 Å². The van der Waals surface area contributed by atoms with E-state index in [1.165, 1.54) is 0 Å². The van der Waals surface area contributed by atoms with Gasteiger partial charge in [-0.1, -0.05) is 34.1 Å². The number of hydrogen-bond acceptors (Lipinski definition) is 2. The van der Waals surface area contributed by atoms with Gasteiger partial charge in [-0.15, -0.1) is 0 Å². The third-order valence-electron chi connectivity index (χ3n) is 4.25. The number of likely N-dealkylation sites (tertiary alicyclic amines) is 1. The Morgan fingerprint density at radius 3 is 3.05 bits per heavy atom. The van der Waals surface area contributed by atoms with Crippen molar-refractivity contribution in [2.45, 2.75) is 44.2 Å². The number of nitrogens with zero attached hydrogens (tertiary/aromatic N) is 1. The molecule has 0 aromatic heterocycles. The van der Waals surface area contributed by atoms with Gasteiger partial charge in [0.1, 0.15) is 5.75 Å². The largest absolute Gasteiger partial charge is 0.480 e. The lowest BCUT2D eigenvalue weighted by atomic mass is 10.1. The van der Waals surface area contributed by atoms with Crippen molar-refractivity contribution in [3.8, 4) is 5.75 Å². The average Bonchev–Trinajstić information content (AvgIpc) is 3.10. The molecule has 4 heteroatoms. The minimum atomic E-state index is -0.308. The SMILES string of the molecule is O=C(C1Cc2ccccc2O1)N1CCCC1CCCBr. The third-order valence-corrected chi connectivity index (χ3v) is 4.81. The predicted octanol–water partition coefficient (Wildman–Crippen LogP) is 3.16. The lowest BCUT2D eigenvalue weighted by Crippen LogP contribution is -2.44. The quantitative estimate of drug-likeness (QED) is 0.790. The van der Waals surface area contributed by atoms with Gasteiger partial charge in [-0.3, -0.25) is 4.79 Å². The predicted molar refractivity (Wildman–Crippen MR) is 82.3 cm³/mol. The van der Waals surface area contributed by atoms with Crippen LogP contribution < -0.4 is 4.74 Å². The van der Waals surface area contributed by atoms with Gasteiger partial charge in [0.15, 0.2) is 6.10 Å². The summed E-state index contributed by atoms with van der Waals surface area (Å²) in [5.41, 5.74) is 1.15. The summed E-state index contributed by atoms with van der Waals surface area (Å²) in [6, 6.07) is 8.38. The maximum atomic E-state index is 12.7. The first-order valence-electron chi connectivity index (χ1n) is 7.40. The number of hydrogen-bond donors (Lipinski definition) is 0. The van der Waals surface area contributed by atoms with Crippen LogP contribution in [0.5, 0.6) is 5.75 Å². The first-order chi connectivity index (χ1) is 9.79. The van der Waals surface area contributed by atoms with Crippen LogP contribution in [0, 0.1) is 0 Å². The molecule has 1 aromatic rings. The molecule has 20 heavy (non-hydrogen) atoms. The van der Waals surface area contributed by atoms with Gasteiger partial charge in [-0.2, -0.15) is 0 Å². The number of ether oxygens (including phenoxy) is 1. The molecule has 2 aliphatic rings. The second-order valence-electron chi connectivity index (χ2n) is 5.58. The highest BCUT2D eigenvalue weighted by Crippen LogP contribution is 2.31. The van der Waals surface area contributed by atoms with E-state index < -0.39 is 0 Å². The van der Waals surface area contributed by atoms with E-state index >= 15 is 0 Å². The number of halogens is 1. The number of para-hydroxylation sites is 1. The molecular formula is C16H20BrNO2. The molecule has 0 bridgehead atoms. The maximum absolute atomic E-state index is 12.7. The monoisotopic (exact) mass is 337 g/mol. The third kappa shape index (κ3) is 2.71. The zero-order valence-electron chi connectivity index (χ0n) is 11.6. The number of carbonyl (C=O) groups excluding carboxylic acids is 1. The molecule has 1 aromatic carbocycles. The fourth-order valence-corrected chi connectivity index (χ4v) is 3.57. The molecule has 1 saturated heterocycles. The number of alkyl halides is 1. The zero-order valence-corrected chi connectivity index (χ0v) is 13.1. The molecule has 1 amide bonds. The van der Waals surface area contributed by atoms with Crippen LogP contribution in [0.4, 0.5) is 0 Å². The van der Waals surface area contributed by atoms with E-state index in [1.807, 2.05) is 18.2 Å². The Labute approximate surface area is 128 Å². The van der Waals surface area contributed by atoms with E-state index in [-0.39, 0.29) is 12.0 Å². The smallest absolute Gasteiger partial charge is 0.264 e. The summed E-state index contributed by atoms with van der Waals surface area (Å²) in [5.74, 6) is 1.06. The van der Waals surface area contributed by atoms with Crippen molar-refractivity contribution in [2.75, 3.05) is 11.9 Å². The highest BCUT2D eigenvalue weighted by molar-refractivity contribution is 9.09. The topological polar surface area (TPSA) is 29.5 Å². The van der Waals surface area contributed by atoms with Gasteiger partial charge in [0, 0.05) is 24.3 Å². The summed E-state index contributed by atoms with van der Waals surface area (Å²) in [5, 5.41) is 1.01. The number of carbonyl (C=O) groups is 1. The summed E-state index contributed by atoms with van der Waals surface area (Å²) in [6.45, 7) is 0.891. The standard InChI is InChI=1S/C16H20BrNO2/c17-9-3-6-13-7-4-10-18(13)16(19)15-11-12-5-1-2-8-14(12)20-15/h1-2,5,8,13,15H,3-4,6-7,9-11H2. The van der Waals surface area contributed by atoms with Gasteiger partial charge in [0.25, 0.3) is 5.91 Å². The molecule has 0 radical (unpaired) electrons. The first-order valence-corrected chi connectivity index (χ1v) is 8.53. The van der Waals surface area contributed by atoms with Crippen LogP contribution in [0.25, 0.3) is 0 Å². The molecule has 0 saturated carbocycles. The minimum Gasteiger partial charge on any atom is -0.480 e. The maximum Gasteiger partial charge on any atom is 0.264 e.